The molecule has 2 aliphatic rings. The van der Waals surface area contributed by atoms with Crippen molar-refractivity contribution < 1.29 is 5.11 Å². The minimum atomic E-state index is -0.119. The lowest BCUT2D eigenvalue weighted by Crippen LogP contribution is -2.32. The van der Waals surface area contributed by atoms with Gasteiger partial charge in [0.25, 0.3) is 0 Å². The summed E-state index contributed by atoms with van der Waals surface area (Å²) in [6.45, 7) is 7.67. The zero-order chi connectivity index (χ0) is 9.26. The van der Waals surface area contributed by atoms with E-state index >= 15 is 0 Å². The molecule has 3 atom stereocenters. The molecule has 0 bridgehead atoms. The van der Waals surface area contributed by atoms with E-state index in [1.165, 1.54) is 26.2 Å². The van der Waals surface area contributed by atoms with E-state index < -0.39 is 0 Å². The number of nitrogens with zero attached hydrogens (tertiary/aromatic N) is 1. The molecule has 3 unspecified atom stereocenters. The monoisotopic (exact) mass is 184 g/mol. The van der Waals surface area contributed by atoms with Crippen LogP contribution in [-0.2, 0) is 0 Å². The van der Waals surface area contributed by atoms with E-state index in [4.69, 9.17) is 0 Å². The molecule has 2 N–H and O–H groups in total. The molecule has 13 heavy (non-hydrogen) atoms. The largest absolute Gasteiger partial charge is 0.392 e. The van der Waals surface area contributed by atoms with Gasteiger partial charge in [0.2, 0.25) is 0 Å². The van der Waals surface area contributed by atoms with Gasteiger partial charge in [0.1, 0.15) is 0 Å². The van der Waals surface area contributed by atoms with Gasteiger partial charge in [-0.05, 0) is 31.3 Å². The van der Waals surface area contributed by atoms with Crippen LogP contribution in [0.2, 0.25) is 0 Å². The van der Waals surface area contributed by atoms with Crippen LogP contribution < -0.4 is 5.32 Å². The second kappa shape index (κ2) is 3.95. The highest BCUT2D eigenvalue weighted by molar-refractivity contribution is 4.91. The average Bonchev–Trinajstić information content (AvgIpc) is 2.63. The molecule has 0 spiro atoms. The normalized spacial score (nSPS) is 36.5. The van der Waals surface area contributed by atoms with Crippen molar-refractivity contribution in [3.8, 4) is 0 Å². The summed E-state index contributed by atoms with van der Waals surface area (Å²) in [6.07, 6.45) is 0.760. The first-order valence-electron chi connectivity index (χ1n) is 5.40. The van der Waals surface area contributed by atoms with Crippen LogP contribution in [0, 0.1) is 11.8 Å². The smallest absolute Gasteiger partial charge is 0.0664 e. The average molecular weight is 184 g/mol. The Labute approximate surface area is 80.1 Å². The van der Waals surface area contributed by atoms with Crippen LogP contribution in [-0.4, -0.2) is 48.8 Å². The third kappa shape index (κ3) is 2.03. The first kappa shape index (κ1) is 9.44. The number of aliphatic hydroxyl groups excluding tert-OH is 1. The van der Waals surface area contributed by atoms with E-state index in [0.717, 1.165) is 24.8 Å². The maximum absolute atomic E-state index is 9.52. The number of hydrogen-bond donors (Lipinski definition) is 2. The number of hydrogen-bond acceptors (Lipinski definition) is 3. The van der Waals surface area contributed by atoms with Gasteiger partial charge in [-0.2, -0.15) is 0 Å². The molecular formula is C10H20N2O. The molecule has 0 aliphatic carbocycles. The molecule has 0 aromatic heterocycles. The molecule has 2 fully saturated rings. The topological polar surface area (TPSA) is 35.5 Å². The minimum Gasteiger partial charge on any atom is -0.392 e. The number of fused-ring (bicyclic) bond motifs is 1. The van der Waals surface area contributed by atoms with E-state index in [0.29, 0.717) is 0 Å². The molecule has 3 nitrogen and oxygen atoms in total. The van der Waals surface area contributed by atoms with Gasteiger partial charge in [-0.25, -0.2) is 0 Å². The molecule has 0 amide bonds. The van der Waals surface area contributed by atoms with E-state index in [1.54, 1.807) is 0 Å². The van der Waals surface area contributed by atoms with Gasteiger partial charge in [-0.3, -0.25) is 0 Å². The number of β-amino-alcohol motifs (C(OH)–C–C–N with tert-alkyl or cyclic N) is 1. The van der Waals surface area contributed by atoms with Crippen molar-refractivity contribution in [3.05, 3.63) is 0 Å². The summed E-state index contributed by atoms with van der Waals surface area (Å²) < 4.78 is 0. The molecular weight excluding hydrogens is 164 g/mol. The second-order valence-corrected chi connectivity index (χ2v) is 4.46. The summed E-state index contributed by atoms with van der Waals surface area (Å²) in [6, 6.07) is 0. The van der Waals surface area contributed by atoms with Crippen LogP contribution in [0.4, 0.5) is 0 Å². The first-order valence-corrected chi connectivity index (χ1v) is 5.40. The van der Waals surface area contributed by atoms with Gasteiger partial charge in [0, 0.05) is 19.6 Å². The van der Waals surface area contributed by atoms with Crippen LogP contribution in [0.3, 0.4) is 0 Å². The Morgan fingerprint density at radius 3 is 2.54 bits per heavy atom. The summed E-state index contributed by atoms with van der Waals surface area (Å²) in [5, 5.41) is 12.9. The van der Waals surface area contributed by atoms with Crippen LogP contribution in [0.25, 0.3) is 0 Å². The number of rotatable bonds is 3. The van der Waals surface area contributed by atoms with Gasteiger partial charge < -0.3 is 15.3 Å². The standard InChI is InChI=1S/C10H20N2O/c1-2-10(13)7-12-5-8-3-11-4-9(8)6-12/h8-11,13H,2-7H2,1H3. The van der Waals surface area contributed by atoms with Gasteiger partial charge in [0.05, 0.1) is 6.10 Å². The number of aliphatic hydroxyl groups is 1. The van der Waals surface area contributed by atoms with Crippen LogP contribution in [0.5, 0.6) is 0 Å². The molecule has 3 heteroatoms. The van der Waals surface area contributed by atoms with Crippen LogP contribution >= 0.6 is 0 Å². The summed E-state index contributed by atoms with van der Waals surface area (Å²) in [7, 11) is 0. The lowest BCUT2D eigenvalue weighted by Gasteiger charge is -2.19. The Morgan fingerprint density at radius 1 is 1.38 bits per heavy atom. The van der Waals surface area contributed by atoms with Gasteiger partial charge in [0.15, 0.2) is 0 Å². The molecule has 0 aromatic rings. The van der Waals surface area contributed by atoms with E-state index in [1.807, 2.05) is 6.92 Å². The molecule has 76 valence electrons. The summed E-state index contributed by atoms with van der Waals surface area (Å²) in [4.78, 5) is 2.42. The highest BCUT2D eigenvalue weighted by Gasteiger charge is 2.36. The van der Waals surface area contributed by atoms with Crippen molar-refractivity contribution in [1.29, 1.82) is 0 Å². The predicted molar refractivity (Wildman–Crippen MR) is 52.6 cm³/mol. The lowest BCUT2D eigenvalue weighted by molar-refractivity contribution is 0.118. The molecule has 2 rings (SSSR count). The molecule has 2 saturated heterocycles. The SMILES string of the molecule is CCC(O)CN1CC2CNCC2C1. The highest BCUT2D eigenvalue weighted by atomic mass is 16.3. The van der Waals surface area contributed by atoms with Gasteiger partial charge in [-0.15, -0.1) is 0 Å². The Morgan fingerprint density at radius 2 is 2.00 bits per heavy atom. The fraction of sp³-hybridized carbons (Fsp3) is 1.00. The van der Waals surface area contributed by atoms with E-state index in [-0.39, 0.29) is 6.10 Å². The first-order chi connectivity index (χ1) is 6.29. The zero-order valence-electron chi connectivity index (χ0n) is 8.37. The Bertz CT molecular complexity index is 160. The number of nitrogens with one attached hydrogen (secondary N) is 1. The van der Waals surface area contributed by atoms with Gasteiger partial charge in [-0.1, -0.05) is 6.92 Å². The van der Waals surface area contributed by atoms with Crippen molar-refractivity contribution in [3.63, 3.8) is 0 Å². The fourth-order valence-corrected chi connectivity index (χ4v) is 2.53. The van der Waals surface area contributed by atoms with Crippen molar-refractivity contribution in [2.45, 2.75) is 19.4 Å². The summed E-state index contributed by atoms with van der Waals surface area (Å²) >= 11 is 0. The predicted octanol–water partition coefficient (Wildman–Crippen LogP) is -0.0915. The molecule has 0 radical (unpaired) electrons. The molecule has 0 aromatic carbocycles. The van der Waals surface area contributed by atoms with Crippen molar-refractivity contribution in [2.75, 3.05) is 32.7 Å². The van der Waals surface area contributed by atoms with Crippen LogP contribution in [0.1, 0.15) is 13.3 Å². The van der Waals surface area contributed by atoms with Gasteiger partial charge >= 0.3 is 0 Å². The Kier molecular flexibility index (Phi) is 2.86. The minimum absolute atomic E-state index is 0.119. The lowest BCUT2D eigenvalue weighted by atomic mass is 10.0. The van der Waals surface area contributed by atoms with Crippen molar-refractivity contribution in [1.82, 2.24) is 10.2 Å². The second-order valence-electron chi connectivity index (χ2n) is 4.46. The maximum atomic E-state index is 9.52. The quantitative estimate of drug-likeness (QED) is 0.643. The van der Waals surface area contributed by atoms with Crippen molar-refractivity contribution in [2.24, 2.45) is 11.8 Å². The van der Waals surface area contributed by atoms with Crippen molar-refractivity contribution >= 4 is 0 Å². The Balaban J connectivity index is 1.78. The van der Waals surface area contributed by atoms with E-state index in [2.05, 4.69) is 10.2 Å². The molecule has 2 aliphatic heterocycles. The molecule has 0 saturated carbocycles. The fourth-order valence-electron chi connectivity index (χ4n) is 2.53. The van der Waals surface area contributed by atoms with Crippen LogP contribution in [0.15, 0.2) is 0 Å². The summed E-state index contributed by atoms with van der Waals surface area (Å²) in [5.74, 6) is 1.70. The van der Waals surface area contributed by atoms with E-state index in [9.17, 15) is 5.11 Å². The highest BCUT2D eigenvalue weighted by Crippen LogP contribution is 2.26. The Hall–Kier alpha value is -0.120. The molecule has 2 heterocycles. The third-order valence-corrected chi connectivity index (χ3v) is 3.41. The maximum Gasteiger partial charge on any atom is 0.0664 e. The zero-order valence-corrected chi connectivity index (χ0v) is 8.37. The number of likely N-dealkylation sites (tertiary alicyclic amines) is 1. The third-order valence-electron chi connectivity index (χ3n) is 3.41. The summed E-state index contributed by atoms with van der Waals surface area (Å²) in [5.41, 5.74) is 0.